The topological polar surface area (TPSA) is 48.5 Å². The maximum absolute atomic E-state index is 5.70. The molecule has 3 unspecified atom stereocenters. The van der Waals surface area contributed by atoms with Crippen LogP contribution in [-0.4, -0.2) is 24.1 Å². The van der Waals surface area contributed by atoms with Crippen molar-refractivity contribution in [1.82, 2.24) is 24.1 Å². The van der Waals surface area contributed by atoms with Crippen LogP contribution in [0.1, 0.15) is 28.2 Å². The van der Waals surface area contributed by atoms with Crippen molar-refractivity contribution in [3.8, 4) is 90.0 Å². The summed E-state index contributed by atoms with van der Waals surface area (Å²) in [5, 5.41) is 4.70. The van der Waals surface area contributed by atoms with Gasteiger partial charge in [0.2, 0.25) is 5.95 Å². The van der Waals surface area contributed by atoms with Gasteiger partial charge < -0.3 is 4.57 Å². The maximum atomic E-state index is 5.70. The number of rotatable bonds is 8. The first-order chi connectivity index (χ1) is 43.1. The molecular formula is C82H53N5. The zero-order chi connectivity index (χ0) is 57.2. The van der Waals surface area contributed by atoms with Crippen LogP contribution in [0.5, 0.6) is 0 Å². The Kier molecular flexibility index (Phi) is 11.0. The van der Waals surface area contributed by atoms with Crippen molar-refractivity contribution < 1.29 is 0 Å². The molecule has 1 spiro atoms. The lowest BCUT2D eigenvalue weighted by molar-refractivity contribution is 0.466. The van der Waals surface area contributed by atoms with E-state index in [1.807, 2.05) is 6.07 Å². The molecule has 5 nitrogen and oxygen atoms in total. The largest absolute Gasteiger partial charge is 0.309 e. The molecule has 0 aliphatic heterocycles. The Morgan fingerprint density at radius 1 is 0.310 bits per heavy atom. The molecule has 0 fully saturated rings. The Labute approximate surface area is 503 Å². The van der Waals surface area contributed by atoms with Crippen molar-refractivity contribution >= 4 is 43.6 Å². The second-order valence-electron chi connectivity index (χ2n) is 23.4. The molecule has 0 radical (unpaired) electrons. The van der Waals surface area contributed by atoms with Crippen LogP contribution < -0.4 is 0 Å². The zero-order valence-corrected chi connectivity index (χ0v) is 47.3. The van der Waals surface area contributed by atoms with Gasteiger partial charge in [-0.1, -0.05) is 243 Å². The van der Waals surface area contributed by atoms with Gasteiger partial charge in [0.15, 0.2) is 11.6 Å². The SMILES string of the molecule is C1=CC2c3ccccc3C3(c4ccccc4-c4c3ccc3c5cc(-c6ccc7c(c6)c6ccccc6n7-c6ccccc6)ccc5n(-c5nc(-c6ccccc6)nc(-c6cccc(-c7cc(-c8ccccc8)cc(-c8ccccc8)c7)c6)n5)c43)C2C=C1. The van der Waals surface area contributed by atoms with E-state index in [4.69, 9.17) is 15.0 Å². The highest BCUT2D eigenvalue weighted by Gasteiger charge is 2.57. The third-order valence-corrected chi connectivity index (χ3v) is 18.8. The maximum Gasteiger partial charge on any atom is 0.238 e. The molecule has 15 aromatic rings. The van der Waals surface area contributed by atoms with E-state index in [2.05, 4.69) is 312 Å². The van der Waals surface area contributed by atoms with Gasteiger partial charge in [0, 0.05) is 55.8 Å². The summed E-state index contributed by atoms with van der Waals surface area (Å²) in [6.07, 6.45) is 9.38. The Morgan fingerprint density at radius 3 is 1.55 bits per heavy atom. The summed E-state index contributed by atoms with van der Waals surface area (Å²) in [6, 6.07) is 104. The van der Waals surface area contributed by atoms with E-state index in [-0.39, 0.29) is 11.8 Å². The molecule has 3 aromatic heterocycles. The number of allylic oxidation sites excluding steroid dienone is 4. The summed E-state index contributed by atoms with van der Waals surface area (Å²) < 4.78 is 4.75. The molecule has 87 heavy (non-hydrogen) atoms. The number of aromatic nitrogens is 5. The monoisotopic (exact) mass is 1110 g/mol. The fraction of sp³-hybridized carbons (Fsp3) is 0.0366. The highest BCUT2D eigenvalue weighted by Crippen LogP contribution is 2.66. The van der Waals surface area contributed by atoms with Gasteiger partial charge in [-0.05, 0) is 139 Å². The Morgan fingerprint density at radius 2 is 0.828 bits per heavy atom. The van der Waals surface area contributed by atoms with Crippen molar-refractivity contribution in [3.05, 3.63) is 332 Å². The number of hydrogen-bond donors (Lipinski definition) is 0. The molecule has 12 aromatic carbocycles. The highest BCUT2D eigenvalue weighted by atomic mass is 15.2. The number of fused-ring (bicyclic) bond motifs is 17. The molecule has 3 atom stereocenters. The fourth-order valence-electron chi connectivity index (χ4n) is 15.1. The number of nitrogens with zero attached hydrogens (tertiary/aromatic N) is 5. The quantitative estimate of drug-likeness (QED) is 0.152. The molecule has 3 heterocycles. The summed E-state index contributed by atoms with van der Waals surface area (Å²) in [5.41, 5.74) is 23.9. The van der Waals surface area contributed by atoms with Crippen molar-refractivity contribution in [2.45, 2.75) is 11.3 Å². The molecule has 0 saturated carbocycles. The van der Waals surface area contributed by atoms with E-state index in [1.165, 1.54) is 55.2 Å². The van der Waals surface area contributed by atoms with E-state index >= 15 is 0 Å². The van der Waals surface area contributed by atoms with Crippen molar-refractivity contribution in [1.29, 1.82) is 0 Å². The van der Waals surface area contributed by atoms with Crippen molar-refractivity contribution in [3.63, 3.8) is 0 Å². The molecule has 0 saturated heterocycles. The molecule has 0 N–H and O–H groups in total. The standard InChI is InChI=1S/C82H53N5/c1-5-22-52(23-6-1)59-47-60(53-24-7-2-8-25-53)49-61(48-59)55-28-21-29-58(46-55)80-83-79(54-26-9-3-10-27-54)84-81(85-80)87-76-45-41-57(56-40-44-75-68(50-56)65-34-16-20-39-74(65)86(75)62-30-11-4-12-31-62)51-69(76)66-42-43-73-77(78(66)87)67-35-15-19-38-72(67)82(73)70-36-17-13-32-63(70)64-33-14-18-37-71(64)82/h1-51,63,70H. The molecule has 0 bridgehead atoms. The van der Waals surface area contributed by atoms with Gasteiger partial charge in [0.25, 0.3) is 0 Å². The summed E-state index contributed by atoms with van der Waals surface area (Å²) in [5.74, 6) is 2.15. The molecule has 0 amide bonds. The van der Waals surface area contributed by atoms with E-state index in [0.29, 0.717) is 17.6 Å². The first-order valence-electron chi connectivity index (χ1n) is 30.1. The van der Waals surface area contributed by atoms with Gasteiger partial charge >= 0.3 is 0 Å². The second kappa shape index (κ2) is 19.4. The molecule has 3 aliphatic rings. The van der Waals surface area contributed by atoms with Gasteiger partial charge in [-0.15, -0.1) is 0 Å². The minimum atomic E-state index is -0.443. The first-order valence-corrected chi connectivity index (χ1v) is 30.1. The Hall–Kier alpha value is -11.3. The molecular weight excluding hydrogens is 1050 g/mol. The number of hydrogen-bond acceptors (Lipinski definition) is 3. The van der Waals surface area contributed by atoms with Crippen LogP contribution in [-0.2, 0) is 5.41 Å². The van der Waals surface area contributed by atoms with E-state index in [0.717, 1.165) is 83.1 Å². The molecule has 18 rings (SSSR count). The predicted molar refractivity (Wildman–Crippen MR) is 357 cm³/mol. The smallest absolute Gasteiger partial charge is 0.238 e. The normalized spacial score (nSPS) is 16.2. The molecule has 3 aliphatic carbocycles. The van der Waals surface area contributed by atoms with Crippen LogP contribution in [0.4, 0.5) is 0 Å². The van der Waals surface area contributed by atoms with Crippen LogP contribution in [0, 0.1) is 5.92 Å². The lowest BCUT2D eigenvalue weighted by atomic mass is 9.65. The third kappa shape index (κ3) is 7.49. The van der Waals surface area contributed by atoms with Crippen molar-refractivity contribution in [2.75, 3.05) is 0 Å². The van der Waals surface area contributed by atoms with Crippen LogP contribution in [0.2, 0.25) is 0 Å². The summed E-state index contributed by atoms with van der Waals surface area (Å²) >= 11 is 0. The minimum absolute atomic E-state index is 0.171. The first kappa shape index (κ1) is 49.2. The highest BCUT2D eigenvalue weighted by molar-refractivity contribution is 6.17. The van der Waals surface area contributed by atoms with Crippen LogP contribution in [0.3, 0.4) is 0 Å². The van der Waals surface area contributed by atoms with Gasteiger partial charge in [-0.2, -0.15) is 9.97 Å². The Balaban J connectivity index is 0.889. The lowest BCUT2D eigenvalue weighted by Gasteiger charge is -2.36. The summed E-state index contributed by atoms with van der Waals surface area (Å²) in [6.45, 7) is 0. The van der Waals surface area contributed by atoms with E-state index in [1.54, 1.807) is 0 Å². The van der Waals surface area contributed by atoms with Crippen LogP contribution in [0.25, 0.3) is 134 Å². The molecule has 406 valence electrons. The average Bonchev–Trinajstić information content (AvgIpc) is 1.53. The number of para-hydroxylation sites is 2. The summed E-state index contributed by atoms with van der Waals surface area (Å²) in [4.78, 5) is 16.7. The second-order valence-corrected chi connectivity index (χ2v) is 23.4. The van der Waals surface area contributed by atoms with Crippen molar-refractivity contribution in [2.24, 2.45) is 5.92 Å². The van der Waals surface area contributed by atoms with Gasteiger partial charge in [-0.3, -0.25) is 4.57 Å². The Bertz CT molecular complexity index is 5290. The van der Waals surface area contributed by atoms with E-state index in [9.17, 15) is 0 Å². The third-order valence-electron chi connectivity index (χ3n) is 18.8. The van der Waals surface area contributed by atoms with Gasteiger partial charge in [0.05, 0.1) is 27.5 Å². The fourth-order valence-corrected chi connectivity index (χ4v) is 15.1. The average molecular weight is 1110 g/mol. The number of benzene rings is 12. The minimum Gasteiger partial charge on any atom is -0.309 e. The van der Waals surface area contributed by atoms with Gasteiger partial charge in [0.1, 0.15) is 0 Å². The molecule has 5 heteroatoms. The lowest BCUT2D eigenvalue weighted by Crippen LogP contribution is -2.32. The summed E-state index contributed by atoms with van der Waals surface area (Å²) in [7, 11) is 0. The van der Waals surface area contributed by atoms with Crippen LogP contribution in [0.15, 0.2) is 309 Å². The predicted octanol–water partition coefficient (Wildman–Crippen LogP) is 20.2. The van der Waals surface area contributed by atoms with Gasteiger partial charge in [-0.25, -0.2) is 4.98 Å². The van der Waals surface area contributed by atoms with Crippen LogP contribution >= 0.6 is 0 Å². The van der Waals surface area contributed by atoms with E-state index < -0.39 is 5.41 Å². The zero-order valence-electron chi connectivity index (χ0n) is 47.3.